The molecule has 0 aromatic carbocycles. The van der Waals surface area contributed by atoms with Gasteiger partial charge in [-0.25, -0.2) is 0 Å². The molecule has 2 heteroatoms. The predicted octanol–water partition coefficient (Wildman–Crippen LogP) is 3.46. The smallest absolute Gasteiger partial charge is 0.306 e. The second-order valence-electron chi connectivity index (χ2n) is 3.42. The lowest BCUT2D eigenvalue weighted by molar-refractivity contribution is -0.142. The van der Waals surface area contributed by atoms with Gasteiger partial charge in [-0.1, -0.05) is 45.9 Å². The summed E-state index contributed by atoms with van der Waals surface area (Å²) in [6.45, 7) is 0.0976. The highest BCUT2D eigenvalue weighted by molar-refractivity contribution is 5.69. The van der Waals surface area contributed by atoms with E-state index in [1.54, 1.807) is 0 Å². The lowest BCUT2D eigenvalue weighted by Crippen LogP contribution is -2.13. The number of hydrogen-bond acceptors (Lipinski definition) is 1. The fourth-order valence-electron chi connectivity index (χ4n) is 1.38. The molecule has 0 aromatic rings. The van der Waals surface area contributed by atoms with Crippen molar-refractivity contribution in [2.24, 2.45) is 5.92 Å². The molecule has 0 aliphatic heterocycles. The highest BCUT2D eigenvalue weighted by atomic mass is 16.4. The molecule has 1 N–H and O–H groups in total. The van der Waals surface area contributed by atoms with Gasteiger partial charge in [-0.3, -0.25) is 4.79 Å². The Bertz CT molecular complexity index is 202. The molecular weight excluding hydrogens is 164 g/mol. The van der Waals surface area contributed by atoms with Crippen LogP contribution in [-0.2, 0) is 4.79 Å². The van der Waals surface area contributed by atoms with Crippen molar-refractivity contribution in [3.8, 4) is 0 Å². The first-order valence-electron chi connectivity index (χ1n) is 6.59. The third-order valence-electron chi connectivity index (χ3n) is 2.25. The molecular formula is C11H22O2. The van der Waals surface area contributed by atoms with Crippen LogP contribution in [0.2, 0.25) is 0 Å². The maximum absolute atomic E-state index is 10.9. The highest BCUT2D eigenvalue weighted by Gasteiger charge is 2.14. The second kappa shape index (κ2) is 8.09. The molecule has 0 amide bonds. The zero-order chi connectivity index (χ0) is 12.6. The molecule has 0 aliphatic rings. The van der Waals surface area contributed by atoms with Crippen molar-refractivity contribution in [1.29, 1.82) is 0 Å². The molecule has 0 aliphatic carbocycles. The summed E-state index contributed by atoms with van der Waals surface area (Å²) in [7, 11) is 0. The van der Waals surface area contributed by atoms with Gasteiger partial charge in [-0.2, -0.15) is 0 Å². The number of aliphatic carboxylic acids is 1. The first-order valence-corrected chi connectivity index (χ1v) is 5.09. The van der Waals surface area contributed by atoms with Crippen molar-refractivity contribution in [2.45, 2.75) is 58.7 Å². The quantitative estimate of drug-likeness (QED) is 0.594. The van der Waals surface area contributed by atoms with Gasteiger partial charge in [0, 0.05) is 4.11 Å². The molecule has 0 saturated heterocycles. The molecule has 0 unspecified atom stereocenters. The van der Waals surface area contributed by atoms with Gasteiger partial charge in [0.25, 0.3) is 0 Å². The zero-order valence-electron chi connectivity index (χ0n) is 11.4. The van der Waals surface area contributed by atoms with Gasteiger partial charge in [0.05, 0.1) is 5.92 Å². The molecule has 1 atom stereocenters. The van der Waals surface area contributed by atoms with Gasteiger partial charge in [0.2, 0.25) is 0 Å². The number of carbonyl (C=O) groups is 1. The van der Waals surface area contributed by atoms with Gasteiger partial charge in [0.1, 0.15) is 0 Å². The van der Waals surface area contributed by atoms with E-state index in [0.717, 1.165) is 25.7 Å². The number of hydrogen-bond donors (Lipinski definition) is 1. The average Bonchev–Trinajstić information content (AvgIpc) is 2.14. The SMILES string of the molecule is [2H]C([2H])([2H])CC[C@@H](CCCCCC)C(=O)O. The minimum Gasteiger partial charge on any atom is -0.481 e. The van der Waals surface area contributed by atoms with Crippen LogP contribution in [0.1, 0.15) is 62.8 Å². The van der Waals surface area contributed by atoms with Crippen LogP contribution in [0.15, 0.2) is 0 Å². The lowest BCUT2D eigenvalue weighted by Gasteiger charge is -2.09. The first kappa shape index (κ1) is 7.84. The van der Waals surface area contributed by atoms with E-state index in [1.165, 1.54) is 0 Å². The Labute approximate surface area is 85.6 Å². The zero-order valence-corrected chi connectivity index (χ0v) is 8.38. The molecule has 0 heterocycles. The van der Waals surface area contributed by atoms with E-state index in [9.17, 15) is 4.79 Å². The normalized spacial score (nSPS) is 17.2. The van der Waals surface area contributed by atoms with E-state index in [-0.39, 0.29) is 12.8 Å². The molecule has 0 aromatic heterocycles. The van der Waals surface area contributed by atoms with Crippen molar-refractivity contribution in [3.63, 3.8) is 0 Å². The van der Waals surface area contributed by atoms with E-state index in [4.69, 9.17) is 9.22 Å². The summed E-state index contributed by atoms with van der Waals surface area (Å²) in [6, 6.07) is 0. The molecule has 0 bridgehead atoms. The number of carboxylic acids is 1. The molecule has 0 fully saturated rings. The molecule has 13 heavy (non-hydrogen) atoms. The minimum absolute atomic E-state index is 0.00224. The number of rotatable bonds is 8. The summed E-state index contributed by atoms with van der Waals surface area (Å²) in [5.41, 5.74) is 0. The maximum atomic E-state index is 10.9. The molecule has 0 saturated carbocycles. The molecule has 0 rings (SSSR count). The third-order valence-corrected chi connectivity index (χ3v) is 2.25. The Balaban J connectivity index is 3.85. The van der Waals surface area contributed by atoms with Crippen LogP contribution < -0.4 is 0 Å². The highest BCUT2D eigenvalue weighted by Crippen LogP contribution is 2.16. The van der Waals surface area contributed by atoms with Crippen LogP contribution >= 0.6 is 0 Å². The predicted molar refractivity (Wildman–Crippen MR) is 54.8 cm³/mol. The van der Waals surface area contributed by atoms with E-state index in [0.29, 0.717) is 6.42 Å². The van der Waals surface area contributed by atoms with Crippen LogP contribution in [0.25, 0.3) is 0 Å². The van der Waals surface area contributed by atoms with Crippen molar-refractivity contribution in [2.75, 3.05) is 0 Å². The summed E-state index contributed by atoms with van der Waals surface area (Å²) < 4.78 is 21.1. The fourth-order valence-corrected chi connectivity index (χ4v) is 1.38. The van der Waals surface area contributed by atoms with Crippen LogP contribution in [0.4, 0.5) is 0 Å². The van der Waals surface area contributed by atoms with Crippen molar-refractivity contribution < 1.29 is 14.0 Å². The van der Waals surface area contributed by atoms with Gasteiger partial charge in [-0.05, 0) is 12.8 Å². The van der Waals surface area contributed by atoms with E-state index in [2.05, 4.69) is 6.92 Å². The Morgan fingerprint density at radius 2 is 2.08 bits per heavy atom. The lowest BCUT2D eigenvalue weighted by atomic mass is 9.96. The number of carboxylic acid groups (broad SMARTS) is 1. The summed E-state index contributed by atoms with van der Waals surface area (Å²) in [4.78, 5) is 10.9. The summed E-state index contributed by atoms with van der Waals surface area (Å²) in [6.07, 6.45) is 5.01. The average molecular weight is 189 g/mol. The summed E-state index contributed by atoms with van der Waals surface area (Å²) >= 11 is 0. The Hall–Kier alpha value is -0.530. The second-order valence-corrected chi connectivity index (χ2v) is 3.42. The Morgan fingerprint density at radius 3 is 2.62 bits per heavy atom. The van der Waals surface area contributed by atoms with Crippen LogP contribution in [-0.4, -0.2) is 11.1 Å². The molecule has 2 nitrogen and oxygen atoms in total. The van der Waals surface area contributed by atoms with Gasteiger partial charge in [-0.15, -0.1) is 0 Å². The standard InChI is InChI=1S/C11H22O2/c1-3-5-6-7-9-10(8-4-2)11(12)13/h10H,3-9H2,1-2H3,(H,12,13)/t10-/m0/s1/i2D3. The van der Waals surface area contributed by atoms with Crippen LogP contribution in [0, 0.1) is 5.92 Å². The third kappa shape index (κ3) is 6.62. The topological polar surface area (TPSA) is 37.3 Å². The van der Waals surface area contributed by atoms with Gasteiger partial charge < -0.3 is 5.11 Å². The number of unbranched alkanes of at least 4 members (excludes halogenated alkanes) is 3. The maximum Gasteiger partial charge on any atom is 0.306 e. The Kier molecular flexibility index (Phi) is 4.87. The van der Waals surface area contributed by atoms with Crippen molar-refractivity contribution >= 4 is 5.97 Å². The molecule has 0 spiro atoms. The van der Waals surface area contributed by atoms with E-state index in [1.807, 2.05) is 0 Å². The van der Waals surface area contributed by atoms with Crippen molar-refractivity contribution in [3.05, 3.63) is 0 Å². The van der Waals surface area contributed by atoms with Crippen LogP contribution in [0.3, 0.4) is 0 Å². The molecule has 0 radical (unpaired) electrons. The largest absolute Gasteiger partial charge is 0.481 e. The van der Waals surface area contributed by atoms with Crippen LogP contribution in [0.5, 0.6) is 0 Å². The van der Waals surface area contributed by atoms with Gasteiger partial charge in [0.15, 0.2) is 0 Å². The van der Waals surface area contributed by atoms with Gasteiger partial charge >= 0.3 is 5.97 Å². The Morgan fingerprint density at radius 1 is 1.31 bits per heavy atom. The minimum atomic E-state index is -2.00. The van der Waals surface area contributed by atoms with E-state index < -0.39 is 18.7 Å². The monoisotopic (exact) mass is 189 g/mol. The first-order chi connectivity index (χ1) is 7.37. The van der Waals surface area contributed by atoms with Crippen molar-refractivity contribution in [1.82, 2.24) is 0 Å². The fraction of sp³-hybridized carbons (Fsp3) is 0.909. The summed E-state index contributed by atoms with van der Waals surface area (Å²) in [5.74, 6) is -1.35. The molecule has 78 valence electrons. The van der Waals surface area contributed by atoms with E-state index >= 15 is 0 Å². The summed E-state index contributed by atoms with van der Waals surface area (Å²) in [5, 5.41) is 8.94.